The van der Waals surface area contributed by atoms with Crippen molar-refractivity contribution < 1.29 is 9.53 Å². The van der Waals surface area contributed by atoms with Gasteiger partial charge in [0.1, 0.15) is 0 Å². The molecule has 0 spiro atoms. The molecule has 19 heavy (non-hydrogen) atoms. The zero-order chi connectivity index (χ0) is 13.9. The summed E-state index contributed by atoms with van der Waals surface area (Å²) < 4.78 is 5.47. The smallest absolute Gasteiger partial charge is 0.227 e. The van der Waals surface area contributed by atoms with Gasteiger partial charge in [-0.2, -0.15) is 0 Å². The minimum atomic E-state index is -0.312. The summed E-state index contributed by atoms with van der Waals surface area (Å²) in [6.45, 7) is 7.33. The van der Waals surface area contributed by atoms with E-state index in [0.29, 0.717) is 5.92 Å². The van der Waals surface area contributed by atoms with Crippen LogP contribution in [0, 0.1) is 11.8 Å². The standard InChI is InChI=1S/C15H28N2O2/c1-3-19-11-12-7-9-17(10-12)14(18)13-6-4-5-8-15(13,2)16/h12-13H,3-11,16H2,1-2H3. The molecule has 0 bridgehead atoms. The van der Waals surface area contributed by atoms with Crippen LogP contribution in [0.3, 0.4) is 0 Å². The number of carbonyl (C=O) groups is 1. The van der Waals surface area contributed by atoms with E-state index in [9.17, 15) is 4.79 Å². The summed E-state index contributed by atoms with van der Waals surface area (Å²) in [5, 5.41) is 0. The van der Waals surface area contributed by atoms with Crippen molar-refractivity contribution in [2.24, 2.45) is 17.6 Å². The first-order valence-electron chi connectivity index (χ1n) is 7.70. The summed E-state index contributed by atoms with van der Waals surface area (Å²) in [4.78, 5) is 14.7. The highest BCUT2D eigenvalue weighted by atomic mass is 16.5. The third-order valence-electron chi connectivity index (χ3n) is 4.71. The zero-order valence-electron chi connectivity index (χ0n) is 12.4. The van der Waals surface area contributed by atoms with E-state index in [0.717, 1.165) is 58.4 Å². The Morgan fingerprint density at radius 2 is 2.21 bits per heavy atom. The fourth-order valence-electron chi connectivity index (χ4n) is 3.44. The van der Waals surface area contributed by atoms with Crippen LogP contribution in [-0.2, 0) is 9.53 Å². The molecular formula is C15H28N2O2. The number of nitrogens with zero attached hydrogens (tertiary/aromatic N) is 1. The van der Waals surface area contributed by atoms with E-state index in [1.54, 1.807) is 0 Å². The molecule has 1 aliphatic carbocycles. The average Bonchev–Trinajstić information content (AvgIpc) is 2.84. The Kier molecular flexibility index (Phi) is 4.85. The molecule has 0 aromatic heterocycles. The number of likely N-dealkylation sites (tertiary alicyclic amines) is 1. The summed E-state index contributed by atoms with van der Waals surface area (Å²) in [6.07, 6.45) is 5.29. The number of nitrogens with two attached hydrogens (primary N) is 1. The second kappa shape index (κ2) is 6.23. The Hall–Kier alpha value is -0.610. The van der Waals surface area contributed by atoms with Crippen molar-refractivity contribution in [2.45, 2.75) is 51.5 Å². The molecule has 2 rings (SSSR count). The Balaban J connectivity index is 1.90. The first kappa shape index (κ1) is 14.8. The first-order valence-corrected chi connectivity index (χ1v) is 7.70. The molecule has 1 aliphatic heterocycles. The third kappa shape index (κ3) is 3.48. The van der Waals surface area contributed by atoms with Crippen LogP contribution in [-0.4, -0.2) is 42.6 Å². The van der Waals surface area contributed by atoms with Gasteiger partial charge in [0.2, 0.25) is 5.91 Å². The molecule has 110 valence electrons. The number of ether oxygens (including phenoxy) is 1. The molecule has 3 atom stereocenters. The lowest BCUT2D eigenvalue weighted by Crippen LogP contribution is -2.53. The van der Waals surface area contributed by atoms with Crippen LogP contribution in [0.25, 0.3) is 0 Å². The highest BCUT2D eigenvalue weighted by molar-refractivity contribution is 5.80. The summed E-state index contributed by atoms with van der Waals surface area (Å²) in [5.41, 5.74) is 6.02. The van der Waals surface area contributed by atoms with E-state index in [2.05, 4.69) is 0 Å². The lowest BCUT2D eigenvalue weighted by Gasteiger charge is -2.39. The summed E-state index contributed by atoms with van der Waals surface area (Å²) in [7, 11) is 0. The molecule has 3 unspecified atom stereocenters. The summed E-state index contributed by atoms with van der Waals surface area (Å²) in [6, 6.07) is 0. The number of hydrogen-bond donors (Lipinski definition) is 1. The van der Waals surface area contributed by atoms with Gasteiger partial charge in [-0.1, -0.05) is 12.8 Å². The summed E-state index contributed by atoms with van der Waals surface area (Å²) >= 11 is 0. The number of amides is 1. The molecule has 2 aliphatic rings. The number of rotatable bonds is 4. The molecule has 4 heteroatoms. The van der Waals surface area contributed by atoms with E-state index < -0.39 is 0 Å². The molecular weight excluding hydrogens is 240 g/mol. The maximum atomic E-state index is 12.6. The quantitative estimate of drug-likeness (QED) is 0.845. The largest absolute Gasteiger partial charge is 0.381 e. The predicted octanol–water partition coefficient (Wildman–Crippen LogP) is 1.78. The minimum Gasteiger partial charge on any atom is -0.381 e. The Morgan fingerprint density at radius 1 is 1.42 bits per heavy atom. The SMILES string of the molecule is CCOCC1CCN(C(=O)C2CCCCC2(C)N)C1. The number of hydrogen-bond acceptors (Lipinski definition) is 3. The van der Waals surface area contributed by atoms with E-state index >= 15 is 0 Å². The number of carbonyl (C=O) groups excluding carboxylic acids is 1. The zero-order valence-corrected chi connectivity index (χ0v) is 12.4. The maximum Gasteiger partial charge on any atom is 0.227 e. The molecule has 1 saturated heterocycles. The van der Waals surface area contributed by atoms with Gasteiger partial charge in [-0.3, -0.25) is 4.79 Å². The van der Waals surface area contributed by atoms with Crippen molar-refractivity contribution in [1.82, 2.24) is 4.90 Å². The van der Waals surface area contributed by atoms with Gasteiger partial charge >= 0.3 is 0 Å². The normalized spacial score (nSPS) is 35.6. The van der Waals surface area contributed by atoms with Crippen LogP contribution in [0.2, 0.25) is 0 Å². The lowest BCUT2D eigenvalue weighted by molar-refractivity contribution is -0.138. The van der Waals surface area contributed by atoms with Gasteiger partial charge in [0.15, 0.2) is 0 Å². The van der Waals surface area contributed by atoms with E-state index in [-0.39, 0.29) is 17.4 Å². The van der Waals surface area contributed by atoms with Crippen LogP contribution >= 0.6 is 0 Å². The fraction of sp³-hybridized carbons (Fsp3) is 0.933. The summed E-state index contributed by atoms with van der Waals surface area (Å²) in [5.74, 6) is 0.812. The van der Waals surface area contributed by atoms with Crippen molar-refractivity contribution in [3.05, 3.63) is 0 Å². The van der Waals surface area contributed by atoms with Gasteiger partial charge < -0.3 is 15.4 Å². The van der Waals surface area contributed by atoms with Crippen molar-refractivity contribution >= 4 is 5.91 Å². The minimum absolute atomic E-state index is 0.0205. The lowest BCUT2D eigenvalue weighted by atomic mass is 9.74. The van der Waals surface area contributed by atoms with Crippen LogP contribution in [0.1, 0.15) is 46.0 Å². The second-order valence-corrected chi connectivity index (χ2v) is 6.40. The van der Waals surface area contributed by atoms with Crippen molar-refractivity contribution in [3.8, 4) is 0 Å². The Morgan fingerprint density at radius 3 is 2.89 bits per heavy atom. The molecule has 0 aromatic carbocycles. The molecule has 2 fully saturated rings. The van der Waals surface area contributed by atoms with E-state index in [4.69, 9.17) is 10.5 Å². The molecule has 4 nitrogen and oxygen atoms in total. The van der Waals surface area contributed by atoms with Gasteiger partial charge in [0.05, 0.1) is 12.5 Å². The molecule has 2 N–H and O–H groups in total. The van der Waals surface area contributed by atoms with E-state index in [1.807, 2.05) is 18.7 Å². The molecule has 0 radical (unpaired) electrons. The van der Waals surface area contributed by atoms with Crippen molar-refractivity contribution in [3.63, 3.8) is 0 Å². The van der Waals surface area contributed by atoms with Gasteiger partial charge in [0.25, 0.3) is 0 Å². The van der Waals surface area contributed by atoms with Crippen LogP contribution in [0.15, 0.2) is 0 Å². The van der Waals surface area contributed by atoms with E-state index in [1.165, 1.54) is 0 Å². The highest BCUT2D eigenvalue weighted by Gasteiger charge is 2.41. The first-order chi connectivity index (χ1) is 9.04. The molecule has 1 amide bonds. The molecule has 1 heterocycles. The Labute approximate surface area is 116 Å². The van der Waals surface area contributed by atoms with Gasteiger partial charge in [0, 0.05) is 31.2 Å². The van der Waals surface area contributed by atoms with Gasteiger partial charge in [-0.25, -0.2) is 0 Å². The van der Waals surface area contributed by atoms with Crippen molar-refractivity contribution in [1.29, 1.82) is 0 Å². The topological polar surface area (TPSA) is 55.6 Å². The monoisotopic (exact) mass is 268 g/mol. The maximum absolute atomic E-state index is 12.6. The second-order valence-electron chi connectivity index (χ2n) is 6.40. The van der Waals surface area contributed by atoms with Crippen LogP contribution < -0.4 is 5.73 Å². The average molecular weight is 268 g/mol. The van der Waals surface area contributed by atoms with Crippen LogP contribution in [0.4, 0.5) is 0 Å². The predicted molar refractivity (Wildman–Crippen MR) is 75.7 cm³/mol. The van der Waals surface area contributed by atoms with Crippen molar-refractivity contribution in [2.75, 3.05) is 26.3 Å². The van der Waals surface area contributed by atoms with Crippen LogP contribution in [0.5, 0.6) is 0 Å². The van der Waals surface area contributed by atoms with Gasteiger partial charge in [-0.15, -0.1) is 0 Å². The molecule has 1 saturated carbocycles. The Bertz CT molecular complexity index is 317. The molecule has 0 aromatic rings. The fourth-order valence-corrected chi connectivity index (χ4v) is 3.44. The highest BCUT2D eigenvalue weighted by Crippen LogP contribution is 2.34. The third-order valence-corrected chi connectivity index (χ3v) is 4.71. The van der Waals surface area contributed by atoms with Gasteiger partial charge in [-0.05, 0) is 33.1 Å².